The molecule has 1 aromatic carbocycles. The van der Waals surface area contributed by atoms with E-state index in [0.717, 1.165) is 5.56 Å². The lowest BCUT2D eigenvalue weighted by Crippen LogP contribution is -1.75. The first-order valence-electron chi connectivity index (χ1n) is 4.71. The fourth-order valence-corrected chi connectivity index (χ4v) is 1.33. The van der Waals surface area contributed by atoms with Crippen LogP contribution in [0.5, 0.6) is 0 Å². The van der Waals surface area contributed by atoms with Gasteiger partial charge in [-0.15, -0.1) is 0 Å². The standard InChI is InChI=1S/C13H8FNO/c14-11-5-3-10(4-6-11)13-8-7-12(16-13)2-1-9-15/h1-8H/b2-1+. The van der Waals surface area contributed by atoms with Crippen LogP contribution >= 0.6 is 0 Å². The second kappa shape index (κ2) is 4.45. The van der Waals surface area contributed by atoms with Crippen LogP contribution in [0, 0.1) is 17.1 Å². The number of rotatable bonds is 2. The van der Waals surface area contributed by atoms with E-state index < -0.39 is 0 Å². The molecular formula is C13H8FNO. The second-order valence-corrected chi connectivity index (χ2v) is 3.17. The molecule has 1 heterocycles. The van der Waals surface area contributed by atoms with Gasteiger partial charge in [-0.25, -0.2) is 4.39 Å². The maximum atomic E-state index is 12.7. The lowest BCUT2D eigenvalue weighted by Gasteiger charge is -1.95. The van der Waals surface area contributed by atoms with Gasteiger partial charge in [0.2, 0.25) is 0 Å². The van der Waals surface area contributed by atoms with Crippen molar-refractivity contribution in [3.63, 3.8) is 0 Å². The van der Waals surface area contributed by atoms with E-state index in [1.165, 1.54) is 18.2 Å². The molecule has 1 aromatic heterocycles. The van der Waals surface area contributed by atoms with E-state index in [-0.39, 0.29) is 5.82 Å². The van der Waals surface area contributed by atoms with Crippen LogP contribution in [0.3, 0.4) is 0 Å². The van der Waals surface area contributed by atoms with Gasteiger partial charge in [-0.1, -0.05) is 0 Å². The van der Waals surface area contributed by atoms with Crippen LogP contribution in [0.1, 0.15) is 5.76 Å². The molecule has 3 heteroatoms. The summed E-state index contributed by atoms with van der Waals surface area (Å²) < 4.78 is 18.1. The van der Waals surface area contributed by atoms with E-state index in [2.05, 4.69) is 0 Å². The predicted octanol–water partition coefficient (Wildman–Crippen LogP) is 3.62. The van der Waals surface area contributed by atoms with E-state index in [4.69, 9.17) is 9.68 Å². The van der Waals surface area contributed by atoms with E-state index >= 15 is 0 Å². The Bertz CT molecular complexity index is 546. The quantitative estimate of drug-likeness (QED) is 0.714. The summed E-state index contributed by atoms with van der Waals surface area (Å²) in [5, 5.41) is 8.36. The summed E-state index contributed by atoms with van der Waals surface area (Å²) >= 11 is 0. The number of hydrogen-bond acceptors (Lipinski definition) is 2. The zero-order valence-electron chi connectivity index (χ0n) is 8.35. The highest BCUT2D eigenvalue weighted by molar-refractivity contribution is 5.60. The Balaban J connectivity index is 2.28. The third-order valence-corrected chi connectivity index (χ3v) is 2.08. The Morgan fingerprint density at radius 3 is 2.56 bits per heavy atom. The van der Waals surface area contributed by atoms with E-state index in [1.807, 2.05) is 6.07 Å². The van der Waals surface area contributed by atoms with Crippen molar-refractivity contribution >= 4 is 6.08 Å². The van der Waals surface area contributed by atoms with Crippen LogP contribution in [-0.2, 0) is 0 Å². The first-order valence-corrected chi connectivity index (χ1v) is 4.71. The zero-order valence-corrected chi connectivity index (χ0v) is 8.35. The molecule has 0 saturated heterocycles. The Labute approximate surface area is 92.2 Å². The molecule has 0 radical (unpaired) electrons. The summed E-state index contributed by atoms with van der Waals surface area (Å²) in [6.07, 6.45) is 2.92. The Hall–Kier alpha value is -2.34. The largest absolute Gasteiger partial charge is 0.457 e. The SMILES string of the molecule is N#C/C=C/c1ccc(-c2ccc(F)cc2)o1. The minimum Gasteiger partial charge on any atom is -0.457 e. The number of nitriles is 1. The van der Waals surface area contributed by atoms with Gasteiger partial charge < -0.3 is 4.42 Å². The summed E-state index contributed by atoms with van der Waals surface area (Å²) in [6.45, 7) is 0. The van der Waals surface area contributed by atoms with Crippen LogP contribution < -0.4 is 0 Å². The Morgan fingerprint density at radius 2 is 1.88 bits per heavy atom. The van der Waals surface area contributed by atoms with Gasteiger partial charge >= 0.3 is 0 Å². The monoisotopic (exact) mass is 213 g/mol. The smallest absolute Gasteiger partial charge is 0.134 e. The fourth-order valence-electron chi connectivity index (χ4n) is 1.33. The van der Waals surface area contributed by atoms with Crippen LogP contribution in [-0.4, -0.2) is 0 Å². The van der Waals surface area contributed by atoms with Crippen molar-refractivity contribution in [3.8, 4) is 17.4 Å². The van der Waals surface area contributed by atoms with Crippen molar-refractivity contribution in [2.75, 3.05) is 0 Å². The molecule has 0 unspecified atom stereocenters. The molecule has 78 valence electrons. The van der Waals surface area contributed by atoms with Crippen molar-refractivity contribution in [1.82, 2.24) is 0 Å². The normalized spacial score (nSPS) is 10.5. The van der Waals surface area contributed by atoms with Crippen LogP contribution in [0.25, 0.3) is 17.4 Å². The highest BCUT2D eigenvalue weighted by Crippen LogP contribution is 2.22. The molecule has 0 saturated carbocycles. The van der Waals surface area contributed by atoms with Gasteiger partial charge in [0.25, 0.3) is 0 Å². The van der Waals surface area contributed by atoms with Crippen LogP contribution in [0.4, 0.5) is 4.39 Å². The molecule has 2 nitrogen and oxygen atoms in total. The highest BCUT2D eigenvalue weighted by atomic mass is 19.1. The first kappa shape index (κ1) is 10.2. The van der Waals surface area contributed by atoms with Gasteiger partial charge in [0.05, 0.1) is 6.07 Å². The van der Waals surface area contributed by atoms with Crippen LogP contribution in [0.2, 0.25) is 0 Å². The number of halogens is 1. The zero-order chi connectivity index (χ0) is 11.4. The second-order valence-electron chi connectivity index (χ2n) is 3.17. The van der Waals surface area contributed by atoms with Crippen LogP contribution in [0.15, 0.2) is 46.9 Å². The average Bonchev–Trinajstić information content (AvgIpc) is 2.76. The summed E-state index contributed by atoms with van der Waals surface area (Å²) in [6, 6.07) is 11.5. The summed E-state index contributed by atoms with van der Waals surface area (Å²) in [7, 11) is 0. The summed E-state index contributed by atoms with van der Waals surface area (Å²) in [5.74, 6) is 0.971. The number of nitrogens with zero attached hydrogens (tertiary/aromatic N) is 1. The number of benzene rings is 1. The molecule has 0 spiro atoms. The van der Waals surface area contributed by atoms with E-state index in [0.29, 0.717) is 11.5 Å². The molecule has 0 aliphatic heterocycles. The van der Waals surface area contributed by atoms with Crippen molar-refractivity contribution in [1.29, 1.82) is 5.26 Å². The molecule has 0 N–H and O–H groups in total. The molecule has 16 heavy (non-hydrogen) atoms. The van der Waals surface area contributed by atoms with Crippen molar-refractivity contribution in [2.24, 2.45) is 0 Å². The molecule has 0 fully saturated rings. The van der Waals surface area contributed by atoms with Gasteiger partial charge in [0.15, 0.2) is 0 Å². The number of allylic oxidation sites excluding steroid dienone is 1. The third-order valence-electron chi connectivity index (χ3n) is 2.08. The Kier molecular flexibility index (Phi) is 2.84. The molecular weight excluding hydrogens is 205 g/mol. The molecule has 0 aliphatic rings. The fraction of sp³-hybridized carbons (Fsp3) is 0. The van der Waals surface area contributed by atoms with Crippen molar-refractivity contribution < 1.29 is 8.81 Å². The number of furan rings is 1. The van der Waals surface area contributed by atoms with Gasteiger partial charge in [-0.2, -0.15) is 5.26 Å². The summed E-state index contributed by atoms with van der Waals surface area (Å²) in [4.78, 5) is 0. The van der Waals surface area contributed by atoms with E-state index in [9.17, 15) is 4.39 Å². The third kappa shape index (κ3) is 2.18. The van der Waals surface area contributed by atoms with Crippen molar-refractivity contribution in [2.45, 2.75) is 0 Å². The maximum Gasteiger partial charge on any atom is 0.134 e. The first-order chi connectivity index (χ1) is 7.79. The highest BCUT2D eigenvalue weighted by Gasteiger charge is 2.02. The van der Waals surface area contributed by atoms with Gasteiger partial charge in [0.1, 0.15) is 17.3 Å². The van der Waals surface area contributed by atoms with Gasteiger partial charge in [-0.3, -0.25) is 0 Å². The molecule has 0 bridgehead atoms. The van der Waals surface area contributed by atoms with Gasteiger partial charge in [-0.05, 0) is 42.5 Å². The van der Waals surface area contributed by atoms with Crippen molar-refractivity contribution in [3.05, 3.63) is 54.1 Å². The topological polar surface area (TPSA) is 36.9 Å². The number of hydrogen-bond donors (Lipinski definition) is 0. The molecule has 2 rings (SSSR count). The summed E-state index contributed by atoms with van der Waals surface area (Å²) in [5.41, 5.74) is 0.804. The minimum absolute atomic E-state index is 0.278. The molecule has 0 atom stereocenters. The predicted molar refractivity (Wildman–Crippen MR) is 58.7 cm³/mol. The Morgan fingerprint density at radius 1 is 1.12 bits per heavy atom. The molecule has 0 aliphatic carbocycles. The van der Waals surface area contributed by atoms with E-state index in [1.54, 1.807) is 30.3 Å². The minimum atomic E-state index is -0.278. The lowest BCUT2D eigenvalue weighted by molar-refractivity contribution is 0.571. The molecule has 2 aromatic rings. The average molecular weight is 213 g/mol. The lowest BCUT2D eigenvalue weighted by atomic mass is 10.2. The molecule has 0 amide bonds. The maximum absolute atomic E-state index is 12.7. The van der Waals surface area contributed by atoms with Gasteiger partial charge in [0, 0.05) is 11.6 Å².